The molecule has 3 saturated heterocycles. The highest BCUT2D eigenvalue weighted by Gasteiger charge is 2.76. The van der Waals surface area contributed by atoms with Crippen LogP contribution in [0.3, 0.4) is 0 Å². The van der Waals surface area contributed by atoms with Crippen molar-refractivity contribution in [2.75, 3.05) is 41.4 Å². The highest BCUT2D eigenvalue weighted by Crippen LogP contribution is 2.71. The average Bonchev–Trinajstić information content (AvgIpc) is 1.30. The molecule has 0 radical (unpaired) electrons. The molecule has 0 aromatic heterocycles. The third-order valence-corrected chi connectivity index (χ3v) is 22.9. The minimum Gasteiger partial charge on any atom is -0.464 e. The third kappa shape index (κ3) is 12.9. The Morgan fingerprint density at radius 3 is 2.16 bits per heavy atom. The number of aliphatic hydroxyl groups excluding tert-OH is 3. The number of fused-ring (bicyclic) bond motifs is 5. The summed E-state index contributed by atoms with van der Waals surface area (Å²) in [5.74, 6) is -6.73. The lowest BCUT2D eigenvalue weighted by Gasteiger charge is -2.64. The Morgan fingerprint density at radius 2 is 1.53 bits per heavy atom. The molecular weight excluding hydrogens is 1140 g/mol. The van der Waals surface area contributed by atoms with Crippen molar-refractivity contribution >= 4 is 35.3 Å². The predicted molar refractivity (Wildman–Crippen MR) is 316 cm³/mol. The monoisotopic (exact) mass is 1240 g/mol. The standard InChI is InChI=1S/C64H104ClFN2O18/c1-18-47-62(13,77)52(72)38(7)68(16)32-33(2)29-60(11,76)54(36(5)50(37(6)55(74)83-47)85-49-31-61(12,79-17)53(73)39(8)82-49)86-56-51(45(67(14)15)26-35(4)81-56)84-48(71)21-19-20-24-80-57(75)64(78)34(3)25-41-42-28-44(66)43-27-40(69)22-23-58(43,9)63(42,65)46(70)30-59(41,64)10/h22-23,27,33-39,41-42,44-47,49-54,56,70,72-73,76-78H,18-21,24-26,28-32H2,1-17H3/t33-,34-,35-,36+,37-,38-,39?,41?,42?,44+,45-,46+,47-,49-,50+,51?,52-,53-,54-,56+,58+,59+,60-,61+,62-,63+,64+/m1/s1. The van der Waals surface area contributed by atoms with E-state index in [0.717, 1.165) is 0 Å². The molecule has 6 N–H and O–H groups in total. The minimum absolute atomic E-state index is 0.0456. The lowest BCUT2D eigenvalue weighted by atomic mass is 9.45. The van der Waals surface area contributed by atoms with Crippen LogP contribution < -0.4 is 0 Å². The summed E-state index contributed by atoms with van der Waals surface area (Å²) >= 11 is 7.52. The Kier molecular flexibility index (Phi) is 21.8. The Bertz CT molecular complexity index is 2490. The summed E-state index contributed by atoms with van der Waals surface area (Å²) in [4.78, 5) is 57.9. The van der Waals surface area contributed by atoms with Crippen LogP contribution in [0.2, 0.25) is 0 Å². The molecule has 27 atom stereocenters. The molecule has 0 bridgehead atoms. The number of halogens is 2. The number of rotatable bonds is 14. The number of carbonyl (C=O) groups is 4. The van der Waals surface area contributed by atoms with Gasteiger partial charge in [-0.15, -0.1) is 11.6 Å². The van der Waals surface area contributed by atoms with Crippen molar-refractivity contribution in [3.05, 3.63) is 23.8 Å². The Morgan fingerprint density at radius 1 is 0.872 bits per heavy atom. The zero-order chi connectivity index (χ0) is 64.4. The van der Waals surface area contributed by atoms with E-state index in [2.05, 4.69) is 0 Å². The number of ketones is 1. The molecular formula is C64H104ClFN2O18. The molecule has 20 nitrogen and oxygen atoms in total. The molecule has 22 heteroatoms. The second kappa shape index (κ2) is 26.5. The van der Waals surface area contributed by atoms with E-state index < -0.39 is 171 Å². The van der Waals surface area contributed by atoms with E-state index in [-0.39, 0.29) is 75.2 Å². The molecule has 86 heavy (non-hydrogen) atoms. The maximum Gasteiger partial charge on any atom is 0.338 e. The summed E-state index contributed by atoms with van der Waals surface area (Å²) in [7, 11) is 6.98. The fourth-order valence-electron chi connectivity index (χ4n) is 16.7. The van der Waals surface area contributed by atoms with Gasteiger partial charge in [-0.1, -0.05) is 47.6 Å². The molecule has 3 saturated carbocycles. The predicted octanol–water partition coefficient (Wildman–Crippen LogP) is 5.73. The number of alkyl halides is 2. The van der Waals surface area contributed by atoms with Gasteiger partial charge in [0.15, 0.2) is 30.1 Å². The molecule has 4 aliphatic carbocycles. The molecule has 6 fully saturated rings. The fourth-order valence-corrected chi connectivity index (χ4v) is 17.2. The summed E-state index contributed by atoms with van der Waals surface area (Å²) in [5.41, 5.74) is -9.04. The van der Waals surface area contributed by atoms with E-state index in [0.29, 0.717) is 19.4 Å². The molecule has 0 aromatic carbocycles. The first kappa shape index (κ1) is 70.7. The number of allylic oxidation sites excluding steroid dienone is 4. The summed E-state index contributed by atoms with van der Waals surface area (Å²) in [6.45, 7) is 22.6. The third-order valence-electron chi connectivity index (χ3n) is 22.0. The van der Waals surface area contributed by atoms with Crippen LogP contribution in [0.25, 0.3) is 0 Å². The molecule has 0 aromatic rings. The molecule has 4 unspecified atom stereocenters. The first-order valence-corrected chi connectivity index (χ1v) is 31.8. The molecule has 3 heterocycles. The molecule has 3 aliphatic heterocycles. The van der Waals surface area contributed by atoms with Gasteiger partial charge in [0.1, 0.15) is 30.1 Å². The summed E-state index contributed by atoms with van der Waals surface area (Å²) < 4.78 is 67.2. The smallest absolute Gasteiger partial charge is 0.338 e. The summed E-state index contributed by atoms with van der Waals surface area (Å²) in [5, 5.41) is 72.5. The van der Waals surface area contributed by atoms with Crippen molar-refractivity contribution in [3.63, 3.8) is 0 Å². The lowest BCUT2D eigenvalue weighted by Crippen LogP contribution is -2.70. The first-order valence-electron chi connectivity index (χ1n) is 31.4. The van der Waals surface area contributed by atoms with E-state index in [1.807, 2.05) is 37.7 Å². The van der Waals surface area contributed by atoms with Gasteiger partial charge in [0.05, 0.1) is 65.2 Å². The van der Waals surface area contributed by atoms with Crippen LogP contribution in [0, 0.1) is 46.3 Å². The molecule has 0 amide bonds. The van der Waals surface area contributed by atoms with Crippen molar-refractivity contribution in [3.8, 4) is 0 Å². The second-order valence-corrected chi connectivity index (χ2v) is 29.1. The number of aliphatic hydroxyl groups is 6. The highest BCUT2D eigenvalue weighted by atomic mass is 35.5. The van der Waals surface area contributed by atoms with Gasteiger partial charge in [0, 0.05) is 49.3 Å². The van der Waals surface area contributed by atoms with Crippen LogP contribution in [0.15, 0.2) is 23.8 Å². The Hall–Kier alpha value is -2.74. The van der Waals surface area contributed by atoms with Gasteiger partial charge in [0.25, 0.3) is 0 Å². The van der Waals surface area contributed by atoms with Crippen LogP contribution in [0.5, 0.6) is 0 Å². The average molecular weight is 1240 g/mol. The topological polar surface area (TPSA) is 270 Å². The largest absolute Gasteiger partial charge is 0.464 e. The molecule has 492 valence electrons. The van der Waals surface area contributed by atoms with Crippen LogP contribution in [0.1, 0.15) is 154 Å². The number of esters is 3. The van der Waals surface area contributed by atoms with E-state index in [4.69, 9.17) is 49.5 Å². The fraction of sp³-hybridized carbons (Fsp3) is 0.875. The number of unbranched alkanes of at least 4 members (excludes halogenated alkanes) is 1. The van der Waals surface area contributed by atoms with Crippen molar-refractivity contribution in [2.24, 2.45) is 46.3 Å². The number of hydrogen-bond donors (Lipinski definition) is 6. The van der Waals surface area contributed by atoms with Gasteiger partial charge < -0.3 is 78.3 Å². The SMILES string of the molecule is CC[C@H]1OC(=O)[C@H](C)[C@@H](O[C@@H]2C[C@](C)(OC)[C@H](O)C(C)O2)[C@H](C)[C@@H](O[C@@H]2O[C@H](C)C[C@@H](N(C)C)C2OC(=O)CCCCOC(=O)[C@@]2(O)[C@H](C)CC3C4C[C@H](F)C5=CC(=O)C=C[C@]5(C)[C@@]4(Cl)[C@@H](O)C[C@@]32C)[C@](C)(O)C[C@@H](C)CN(C)[C@H](C)[C@@H](O)[C@]1(C)O. The Balaban J connectivity index is 1.10. The van der Waals surface area contributed by atoms with Crippen LogP contribution >= 0.6 is 11.6 Å². The number of likely N-dealkylation sites (N-methyl/N-ethyl adjacent to an activating group) is 2. The maximum atomic E-state index is 16.2. The second-order valence-electron chi connectivity index (χ2n) is 28.5. The van der Waals surface area contributed by atoms with Gasteiger partial charge in [0.2, 0.25) is 0 Å². The summed E-state index contributed by atoms with van der Waals surface area (Å²) in [6, 6.07) is -1.09. The summed E-state index contributed by atoms with van der Waals surface area (Å²) in [6.07, 6.45) is -7.99. The zero-order valence-corrected chi connectivity index (χ0v) is 54.8. The lowest BCUT2D eigenvalue weighted by molar-refractivity contribution is -0.319. The maximum absolute atomic E-state index is 16.2. The molecule has 7 rings (SSSR count). The van der Waals surface area contributed by atoms with Crippen molar-refractivity contribution in [1.29, 1.82) is 0 Å². The van der Waals surface area contributed by atoms with E-state index in [1.165, 1.54) is 26.2 Å². The van der Waals surface area contributed by atoms with Crippen molar-refractivity contribution in [2.45, 2.75) is 267 Å². The van der Waals surface area contributed by atoms with Crippen molar-refractivity contribution in [1.82, 2.24) is 9.80 Å². The number of nitrogens with zero attached hydrogens (tertiary/aromatic N) is 2. The molecule has 0 spiro atoms. The van der Waals surface area contributed by atoms with Crippen LogP contribution in [-0.2, 0) is 57.1 Å². The van der Waals surface area contributed by atoms with Gasteiger partial charge in [-0.25, -0.2) is 9.18 Å². The number of hydrogen-bond acceptors (Lipinski definition) is 20. The number of cyclic esters (lactones) is 1. The number of carbonyl (C=O) groups excluding carboxylic acids is 4. The van der Waals surface area contributed by atoms with Crippen molar-refractivity contribution < 1.29 is 92.1 Å². The van der Waals surface area contributed by atoms with Gasteiger partial charge in [-0.3, -0.25) is 14.4 Å². The van der Waals surface area contributed by atoms with Crippen LogP contribution in [0.4, 0.5) is 4.39 Å². The highest BCUT2D eigenvalue weighted by molar-refractivity contribution is 6.26. The van der Waals surface area contributed by atoms with E-state index in [9.17, 15) is 49.8 Å². The first-order chi connectivity index (χ1) is 39.8. The quantitative estimate of drug-likeness (QED) is 0.0525. The van der Waals surface area contributed by atoms with E-state index in [1.54, 1.807) is 82.4 Å². The Labute approximate surface area is 514 Å². The zero-order valence-electron chi connectivity index (χ0n) is 54.0. The van der Waals surface area contributed by atoms with Gasteiger partial charge >= 0.3 is 17.9 Å². The number of methoxy groups -OCH3 is 1. The normalized spacial score (nSPS) is 48.9. The van der Waals surface area contributed by atoms with Gasteiger partial charge in [-0.05, 0) is 162 Å². The van der Waals surface area contributed by atoms with Crippen LogP contribution in [-0.4, -0.2) is 219 Å². The molecule has 7 aliphatic rings. The van der Waals surface area contributed by atoms with E-state index >= 15 is 4.39 Å². The minimum atomic E-state index is -2.07. The number of ether oxygens (including phenoxy) is 8. The van der Waals surface area contributed by atoms with Gasteiger partial charge in [-0.2, -0.15) is 0 Å².